The molecular formula is C7H8N2O3S. The lowest BCUT2D eigenvalue weighted by atomic mass is 10.4. The summed E-state index contributed by atoms with van der Waals surface area (Å²) in [6.45, 7) is -0.348. The van der Waals surface area contributed by atoms with Crippen LogP contribution < -0.4 is 4.74 Å². The summed E-state index contributed by atoms with van der Waals surface area (Å²) in [5, 5.41) is 8.69. The van der Waals surface area contributed by atoms with Crippen LogP contribution in [-0.2, 0) is 4.79 Å². The largest absolute Gasteiger partial charge is 0.479 e. The average Bonchev–Trinajstić information content (AvgIpc) is 2.83. The van der Waals surface area contributed by atoms with E-state index in [-0.39, 0.29) is 6.61 Å². The van der Waals surface area contributed by atoms with Gasteiger partial charge < -0.3 is 9.84 Å². The SMILES string of the molecule is O=C(O)COc1nc(C2CC2)ns1. The quantitative estimate of drug-likeness (QED) is 0.781. The van der Waals surface area contributed by atoms with Gasteiger partial charge in [0.25, 0.3) is 5.19 Å². The number of hydrogen-bond donors (Lipinski definition) is 1. The molecule has 1 aliphatic rings. The van der Waals surface area contributed by atoms with Crippen molar-refractivity contribution in [2.24, 2.45) is 0 Å². The van der Waals surface area contributed by atoms with E-state index in [1.165, 1.54) is 0 Å². The third-order valence-corrected chi connectivity index (χ3v) is 2.33. The summed E-state index contributed by atoms with van der Waals surface area (Å²) in [7, 11) is 0. The normalized spacial score (nSPS) is 15.7. The number of carboxylic acid groups (broad SMARTS) is 1. The number of rotatable bonds is 4. The lowest BCUT2D eigenvalue weighted by molar-refractivity contribution is -0.139. The van der Waals surface area contributed by atoms with Crippen LogP contribution in [0.5, 0.6) is 5.19 Å². The first-order chi connectivity index (χ1) is 6.25. The summed E-state index contributed by atoms with van der Waals surface area (Å²) < 4.78 is 8.94. The van der Waals surface area contributed by atoms with E-state index in [1.807, 2.05) is 0 Å². The Bertz CT molecular complexity index is 321. The number of carbonyl (C=O) groups is 1. The molecule has 1 aromatic rings. The maximum absolute atomic E-state index is 10.2. The molecule has 1 N–H and O–H groups in total. The van der Waals surface area contributed by atoms with E-state index in [0.29, 0.717) is 11.1 Å². The summed E-state index contributed by atoms with van der Waals surface area (Å²) in [5.74, 6) is 0.284. The Kier molecular flexibility index (Phi) is 2.13. The van der Waals surface area contributed by atoms with E-state index in [2.05, 4.69) is 9.36 Å². The summed E-state index contributed by atoms with van der Waals surface area (Å²) >= 11 is 1.11. The number of ether oxygens (including phenoxy) is 1. The molecule has 0 bridgehead atoms. The molecule has 0 aromatic carbocycles. The molecule has 6 heteroatoms. The van der Waals surface area contributed by atoms with Crippen molar-refractivity contribution in [1.29, 1.82) is 0 Å². The Morgan fingerprint density at radius 3 is 3.08 bits per heavy atom. The Morgan fingerprint density at radius 2 is 2.46 bits per heavy atom. The van der Waals surface area contributed by atoms with Crippen LogP contribution >= 0.6 is 11.5 Å². The highest BCUT2D eigenvalue weighted by Crippen LogP contribution is 2.39. The van der Waals surface area contributed by atoms with Gasteiger partial charge in [-0.3, -0.25) is 0 Å². The zero-order chi connectivity index (χ0) is 9.26. The minimum absolute atomic E-state index is 0.348. The summed E-state index contributed by atoms with van der Waals surface area (Å²) in [4.78, 5) is 14.2. The Morgan fingerprint density at radius 1 is 1.69 bits per heavy atom. The fourth-order valence-electron chi connectivity index (χ4n) is 0.910. The van der Waals surface area contributed by atoms with Crippen LogP contribution in [-0.4, -0.2) is 27.0 Å². The van der Waals surface area contributed by atoms with Gasteiger partial charge in [-0.05, 0) is 12.8 Å². The van der Waals surface area contributed by atoms with Gasteiger partial charge in [0, 0.05) is 17.5 Å². The molecule has 0 spiro atoms. The van der Waals surface area contributed by atoms with E-state index >= 15 is 0 Å². The highest BCUT2D eigenvalue weighted by molar-refractivity contribution is 7.07. The standard InChI is InChI=1S/C7H8N2O3S/c10-5(11)3-12-7-8-6(9-13-7)4-1-2-4/h4H,1-3H2,(H,10,11). The van der Waals surface area contributed by atoms with Gasteiger partial charge in [0.15, 0.2) is 6.61 Å². The van der Waals surface area contributed by atoms with Crippen LogP contribution in [0.4, 0.5) is 0 Å². The lowest BCUT2D eigenvalue weighted by Gasteiger charge is -1.94. The molecule has 1 saturated carbocycles. The maximum atomic E-state index is 10.2. The molecule has 5 nitrogen and oxygen atoms in total. The van der Waals surface area contributed by atoms with Crippen LogP contribution in [0, 0.1) is 0 Å². The molecule has 0 aliphatic heterocycles. The monoisotopic (exact) mass is 200 g/mol. The second-order valence-electron chi connectivity index (χ2n) is 2.88. The summed E-state index contributed by atoms with van der Waals surface area (Å²) in [6.07, 6.45) is 2.27. The van der Waals surface area contributed by atoms with Crippen molar-refractivity contribution < 1.29 is 14.6 Å². The number of aliphatic carboxylic acids is 1. The van der Waals surface area contributed by atoms with Gasteiger partial charge in [-0.1, -0.05) is 0 Å². The van der Waals surface area contributed by atoms with Gasteiger partial charge in [-0.2, -0.15) is 9.36 Å². The van der Waals surface area contributed by atoms with Gasteiger partial charge in [0.2, 0.25) is 0 Å². The summed E-state index contributed by atoms with van der Waals surface area (Å²) in [6, 6.07) is 0. The van der Waals surface area contributed by atoms with E-state index in [9.17, 15) is 4.79 Å². The molecule has 13 heavy (non-hydrogen) atoms. The first-order valence-electron chi connectivity index (χ1n) is 3.94. The van der Waals surface area contributed by atoms with Crippen LogP contribution in [0.15, 0.2) is 0 Å². The van der Waals surface area contributed by atoms with Crippen molar-refractivity contribution in [2.75, 3.05) is 6.61 Å². The van der Waals surface area contributed by atoms with E-state index in [1.54, 1.807) is 0 Å². The van der Waals surface area contributed by atoms with Crippen molar-refractivity contribution in [1.82, 2.24) is 9.36 Å². The second-order valence-corrected chi connectivity index (χ2v) is 3.59. The van der Waals surface area contributed by atoms with Crippen LogP contribution in [0.2, 0.25) is 0 Å². The minimum Gasteiger partial charge on any atom is -0.479 e. The summed E-state index contributed by atoms with van der Waals surface area (Å²) in [5.41, 5.74) is 0. The van der Waals surface area contributed by atoms with Crippen molar-refractivity contribution in [2.45, 2.75) is 18.8 Å². The Hall–Kier alpha value is -1.17. The Balaban J connectivity index is 1.92. The fraction of sp³-hybridized carbons (Fsp3) is 0.571. The van der Waals surface area contributed by atoms with Gasteiger partial charge in [-0.15, -0.1) is 0 Å². The van der Waals surface area contributed by atoms with Crippen LogP contribution in [0.1, 0.15) is 24.6 Å². The lowest BCUT2D eigenvalue weighted by Crippen LogP contribution is -2.09. The minimum atomic E-state index is -0.997. The van der Waals surface area contributed by atoms with Crippen LogP contribution in [0.25, 0.3) is 0 Å². The molecule has 2 rings (SSSR count). The molecule has 1 aliphatic carbocycles. The maximum Gasteiger partial charge on any atom is 0.341 e. The highest BCUT2D eigenvalue weighted by atomic mass is 32.1. The van der Waals surface area contributed by atoms with E-state index in [4.69, 9.17) is 9.84 Å². The van der Waals surface area contributed by atoms with Gasteiger partial charge in [0.05, 0.1) is 0 Å². The van der Waals surface area contributed by atoms with Crippen molar-refractivity contribution in [3.8, 4) is 5.19 Å². The third-order valence-electron chi connectivity index (χ3n) is 1.68. The molecular weight excluding hydrogens is 192 g/mol. The Labute approximate surface area is 78.5 Å². The fourth-order valence-corrected chi connectivity index (χ4v) is 1.52. The average molecular weight is 200 g/mol. The molecule has 1 fully saturated rings. The smallest absolute Gasteiger partial charge is 0.341 e. The van der Waals surface area contributed by atoms with Crippen molar-refractivity contribution >= 4 is 17.5 Å². The predicted octanol–water partition coefficient (Wildman–Crippen LogP) is 0.879. The zero-order valence-corrected chi connectivity index (χ0v) is 7.58. The molecule has 0 radical (unpaired) electrons. The topological polar surface area (TPSA) is 72.3 Å². The van der Waals surface area contributed by atoms with E-state index < -0.39 is 5.97 Å². The number of hydrogen-bond acceptors (Lipinski definition) is 5. The van der Waals surface area contributed by atoms with E-state index in [0.717, 1.165) is 30.2 Å². The number of aromatic nitrogens is 2. The highest BCUT2D eigenvalue weighted by Gasteiger charge is 2.28. The molecule has 1 heterocycles. The third kappa shape index (κ3) is 2.15. The molecule has 0 amide bonds. The first kappa shape index (κ1) is 8.43. The molecule has 0 unspecified atom stereocenters. The predicted molar refractivity (Wildman–Crippen MR) is 45.0 cm³/mol. The molecule has 0 saturated heterocycles. The zero-order valence-electron chi connectivity index (χ0n) is 6.77. The second kappa shape index (κ2) is 3.29. The van der Waals surface area contributed by atoms with Gasteiger partial charge in [-0.25, -0.2) is 4.79 Å². The number of carboxylic acids is 1. The van der Waals surface area contributed by atoms with Gasteiger partial charge in [0.1, 0.15) is 5.82 Å². The van der Waals surface area contributed by atoms with Crippen molar-refractivity contribution in [3.63, 3.8) is 0 Å². The van der Waals surface area contributed by atoms with Gasteiger partial charge >= 0.3 is 5.97 Å². The number of nitrogens with zero attached hydrogens (tertiary/aromatic N) is 2. The first-order valence-corrected chi connectivity index (χ1v) is 4.71. The molecule has 1 aromatic heterocycles. The molecule has 0 atom stereocenters. The van der Waals surface area contributed by atoms with Crippen molar-refractivity contribution in [3.05, 3.63) is 5.82 Å². The molecule has 70 valence electrons. The van der Waals surface area contributed by atoms with Crippen LogP contribution in [0.3, 0.4) is 0 Å².